The van der Waals surface area contributed by atoms with Gasteiger partial charge < -0.3 is 1.43 Å². The summed E-state index contributed by atoms with van der Waals surface area (Å²) in [6.07, 6.45) is 0. The molecule has 0 spiro atoms. The number of hydrogen-bond donors (Lipinski definition) is 1. The summed E-state index contributed by atoms with van der Waals surface area (Å²) in [7, 11) is 0. The number of nitrogens with zero attached hydrogens (tertiary/aromatic N) is 2. The molecule has 0 aliphatic heterocycles. The van der Waals surface area contributed by atoms with E-state index in [9.17, 15) is 0 Å². The molecular formula is C7H8N3Na. The largest absolute Gasteiger partial charge is 1.00 e. The first kappa shape index (κ1) is 8.71. The van der Waals surface area contributed by atoms with E-state index in [2.05, 4.69) is 15.4 Å². The van der Waals surface area contributed by atoms with Gasteiger partial charge in [0.2, 0.25) is 0 Å². The van der Waals surface area contributed by atoms with E-state index in [0.29, 0.717) is 0 Å². The summed E-state index contributed by atoms with van der Waals surface area (Å²) in [6, 6.07) is 5.97. The van der Waals surface area contributed by atoms with Gasteiger partial charge in [-0.05, 0) is 24.6 Å². The van der Waals surface area contributed by atoms with E-state index in [-0.39, 0.29) is 31.0 Å². The molecule has 2 rings (SSSR count). The predicted molar refractivity (Wildman–Crippen MR) is 39.7 cm³/mol. The Hall–Kier alpha value is -0.380. The number of H-pyrrole nitrogens is 1. The molecule has 4 heteroatoms. The van der Waals surface area contributed by atoms with Gasteiger partial charge in [-0.3, -0.25) is 0 Å². The van der Waals surface area contributed by atoms with Gasteiger partial charge in [-0.1, -0.05) is 6.07 Å². The number of nitrogens with one attached hydrogen (secondary N) is 1. The zero-order valence-corrected chi connectivity index (χ0v) is 8.63. The molecule has 0 aliphatic rings. The third kappa shape index (κ3) is 1.61. The first-order chi connectivity index (χ1) is 4.86. The number of fused-ring (bicyclic) bond motifs is 1. The second-order valence-corrected chi connectivity index (χ2v) is 2.32. The average molecular weight is 157 g/mol. The summed E-state index contributed by atoms with van der Waals surface area (Å²) in [4.78, 5) is 0. The van der Waals surface area contributed by atoms with Crippen molar-refractivity contribution < 1.29 is 31.0 Å². The molecule has 0 radical (unpaired) electrons. The average Bonchev–Trinajstić information content (AvgIpc) is 2.33. The van der Waals surface area contributed by atoms with Crippen LogP contribution in [0, 0.1) is 6.92 Å². The van der Waals surface area contributed by atoms with Crippen molar-refractivity contribution in [1.82, 2.24) is 15.4 Å². The Morgan fingerprint density at radius 3 is 2.82 bits per heavy atom. The minimum atomic E-state index is 0. The molecule has 1 N–H and O–H groups in total. The van der Waals surface area contributed by atoms with Crippen LogP contribution in [0.4, 0.5) is 0 Å². The number of aromatic nitrogens is 3. The van der Waals surface area contributed by atoms with Crippen LogP contribution in [0.1, 0.15) is 6.99 Å². The fraction of sp³-hybridized carbons (Fsp3) is 0.143. The van der Waals surface area contributed by atoms with Crippen molar-refractivity contribution >= 4 is 11.0 Å². The molecule has 1 aromatic heterocycles. The Kier molecular flexibility index (Phi) is 2.65. The molecule has 0 aliphatic carbocycles. The SMILES string of the molecule is Cc1ccc2n[nH]nc2c1.[H-].[Na+]. The van der Waals surface area contributed by atoms with E-state index in [1.165, 1.54) is 5.56 Å². The maximum Gasteiger partial charge on any atom is 1.00 e. The smallest absolute Gasteiger partial charge is 1.00 e. The summed E-state index contributed by atoms with van der Waals surface area (Å²) in [5.74, 6) is 0. The van der Waals surface area contributed by atoms with Crippen LogP contribution >= 0.6 is 0 Å². The van der Waals surface area contributed by atoms with Crippen LogP contribution in [0.3, 0.4) is 0 Å². The second kappa shape index (κ2) is 3.34. The van der Waals surface area contributed by atoms with Crippen molar-refractivity contribution in [1.29, 1.82) is 0 Å². The van der Waals surface area contributed by atoms with Gasteiger partial charge in [-0.25, -0.2) is 0 Å². The molecule has 0 atom stereocenters. The Morgan fingerprint density at radius 1 is 1.27 bits per heavy atom. The third-order valence-corrected chi connectivity index (χ3v) is 1.47. The summed E-state index contributed by atoms with van der Waals surface area (Å²) < 4.78 is 0. The van der Waals surface area contributed by atoms with Gasteiger partial charge in [0, 0.05) is 0 Å². The predicted octanol–water partition coefficient (Wildman–Crippen LogP) is -1.62. The van der Waals surface area contributed by atoms with Crippen molar-refractivity contribution in [2.24, 2.45) is 0 Å². The van der Waals surface area contributed by atoms with Gasteiger partial charge in [0.15, 0.2) is 0 Å². The molecular weight excluding hydrogens is 149 g/mol. The van der Waals surface area contributed by atoms with Crippen LogP contribution in [0.5, 0.6) is 0 Å². The quantitative estimate of drug-likeness (QED) is 0.467. The molecule has 0 saturated carbocycles. The fourth-order valence-electron chi connectivity index (χ4n) is 0.950. The monoisotopic (exact) mass is 157 g/mol. The minimum Gasteiger partial charge on any atom is -1.00 e. The van der Waals surface area contributed by atoms with Crippen LogP contribution < -0.4 is 29.6 Å². The van der Waals surface area contributed by atoms with Crippen LogP contribution in [0.2, 0.25) is 0 Å². The first-order valence-corrected chi connectivity index (χ1v) is 3.13. The Bertz CT molecular complexity index is 360. The van der Waals surface area contributed by atoms with E-state index in [1.54, 1.807) is 0 Å². The minimum absolute atomic E-state index is 0. The van der Waals surface area contributed by atoms with Gasteiger partial charge in [0.25, 0.3) is 0 Å². The molecule has 0 amide bonds. The standard InChI is InChI=1S/C7H7N3.Na.H/c1-5-2-3-6-7(4-5)9-10-8-6;;/h2-4H,1H3,(H,8,9,10);;/q;+1;-1. The second-order valence-electron chi connectivity index (χ2n) is 2.32. The van der Waals surface area contributed by atoms with Crippen molar-refractivity contribution in [3.05, 3.63) is 23.8 Å². The molecule has 2 aromatic rings. The van der Waals surface area contributed by atoms with Crippen LogP contribution in [0.25, 0.3) is 11.0 Å². The van der Waals surface area contributed by atoms with Gasteiger partial charge in [-0.15, -0.1) is 0 Å². The zero-order chi connectivity index (χ0) is 6.97. The van der Waals surface area contributed by atoms with Crippen LogP contribution in [-0.2, 0) is 0 Å². The number of aromatic amines is 1. The van der Waals surface area contributed by atoms with E-state index in [1.807, 2.05) is 25.1 Å². The molecule has 3 nitrogen and oxygen atoms in total. The Labute approximate surface area is 88.0 Å². The molecule has 0 saturated heterocycles. The summed E-state index contributed by atoms with van der Waals surface area (Å²) in [5.41, 5.74) is 3.06. The maximum atomic E-state index is 3.94. The van der Waals surface area contributed by atoms with Gasteiger partial charge in [0.1, 0.15) is 11.0 Å². The first-order valence-electron chi connectivity index (χ1n) is 3.13. The number of hydrogen-bond acceptors (Lipinski definition) is 2. The fourth-order valence-corrected chi connectivity index (χ4v) is 0.950. The molecule has 11 heavy (non-hydrogen) atoms. The van der Waals surface area contributed by atoms with Crippen molar-refractivity contribution in [3.63, 3.8) is 0 Å². The molecule has 0 unspecified atom stereocenters. The van der Waals surface area contributed by atoms with Gasteiger partial charge in [0.05, 0.1) is 0 Å². The maximum absolute atomic E-state index is 3.94. The molecule has 1 aromatic carbocycles. The normalized spacial score (nSPS) is 9.55. The molecule has 1 heterocycles. The number of rotatable bonds is 0. The third-order valence-electron chi connectivity index (χ3n) is 1.47. The van der Waals surface area contributed by atoms with Crippen molar-refractivity contribution in [2.75, 3.05) is 0 Å². The van der Waals surface area contributed by atoms with Crippen molar-refractivity contribution in [3.8, 4) is 0 Å². The van der Waals surface area contributed by atoms with Crippen LogP contribution in [-0.4, -0.2) is 15.4 Å². The Morgan fingerprint density at radius 2 is 2.00 bits per heavy atom. The summed E-state index contributed by atoms with van der Waals surface area (Å²) in [5, 5.41) is 10.4. The number of aryl methyl sites for hydroxylation is 1. The van der Waals surface area contributed by atoms with Gasteiger partial charge in [-0.2, -0.15) is 15.4 Å². The van der Waals surface area contributed by atoms with E-state index in [4.69, 9.17) is 0 Å². The number of benzene rings is 1. The topological polar surface area (TPSA) is 41.6 Å². The van der Waals surface area contributed by atoms with E-state index < -0.39 is 0 Å². The summed E-state index contributed by atoms with van der Waals surface area (Å²) >= 11 is 0. The molecule has 52 valence electrons. The van der Waals surface area contributed by atoms with E-state index in [0.717, 1.165) is 11.0 Å². The molecule has 0 bridgehead atoms. The molecule has 0 fully saturated rings. The van der Waals surface area contributed by atoms with Gasteiger partial charge >= 0.3 is 29.6 Å². The summed E-state index contributed by atoms with van der Waals surface area (Å²) in [6.45, 7) is 2.04. The van der Waals surface area contributed by atoms with Crippen molar-refractivity contribution in [2.45, 2.75) is 6.92 Å². The Balaban J connectivity index is 0.000000605. The zero-order valence-electron chi connectivity index (χ0n) is 7.63. The van der Waals surface area contributed by atoms with E-state index >= 15 is 0 Å². The van der Waals surface area contributed by atoms with Crippen LogP contribution in [0.15, 0.2) is 18.2 Å².